The molecule has 0 radical (unpaired) electrons. The Kier molecular flexibility index (Phi) is 7.18. The second kappa shape index (κ2) is 13.0. The van der Waals surface area contributed by atoms with Gasteiger partial charge in [0, 0.05) is 73.3 Å². The van der Waals surface area contributed by atoms with Crippen LogP contribution in [0.15, 0.2) is 206 Å². The van der Waals surface area contributed by atoms with Gasteiger partial charge in [0.25, 0.3) is 0 Å². The Labute approximate surface area is 364 Å². The molecule has 0 spiro atoms. The van der Waals surface area contributed by atoms with Gasteiger partial charge in [-0.15, -0.1) is 22.7 Å². The van der Waals surface area contributed by atoms with Crippen molar-refractivity contribution in [2.45, 2.75) is 0 Å². The molecule has 10 aromatic carbocycles. The number of para-hydroxylation sites is 2. The van der Waals surface area contributed by atoms with Crippen LogP contribution in [0.5, 0.6) is 0 Å². The molecule has 14 aromatic rings. The number of benzene rings is 10. The van der Waals surface area contributed by atoms with E-state index in [1.54, 1.807) is 0 Å². The van der Waals surface area contributed by atoms with Crippen LogP contribution < -0.4 is 0 Å². The van der Waals surface area contributed by atoms with Gasteiger partial charge in [0.1, 0.15) is 0 Å². The van der Waals surface area contributed by atoms with Crippen LogP contribution >= 0.6 is 22.7 Å². The third kappa shape index (κ3) is 4.85. The fraction of sp³-hybridized carbons (Fsp3) is 0. The highest BCUT2D eigenvalue weighted by Gasteiger charge is 2.21. The maximum atomic E-state index is 2.50. The number of hydrogen-bond acceptors (Lipinski definition) is 2. The first kappa shape index (κ1) is 34.2. The highest BCUT2D eigenvalue weighted by Crippen LogP contribution is 2.46. The standard InChI is InChI=1S/C58H34N2S2/c1-2-14-41-36(12-1)13-11-19-42(41)37-26-24-35(25-27-37)38-32-39(59-49-20-7-3-17-47(49)55-51(59)30-28-45-43-15-5-9-22-53(43)61-57(45)55)34-40(33-38)60-50-21-8-4-18-48(50)56-52(60)31-29-46-44-16-6-10-23-54(44)62-58(46)56/h1-34H. The van der Waals surface area contributed by atoms with Crippen LogP contribution in [-0.2, 0) is 0 Å². The van der Waals surface area contributed by atoms with Gasteiger partial charge in [-0.2, -0.15) is 0 Å². The minimum atomic E-state index is 1.14. The van der Waals surface area contributed by atoms with E-state index in [9.17, 15) is 0 Å². The van der Waals surface area contributed by atoms with Gasteiger partial charge in [0.2, 0.25) is 0 Å². The minimum absolute atomic E-state index is 1.14. The van der Waals surface area contributed by atoms with Gasteiger partial charge in [-0.05, 0) is 87.6 Å². The van der Waals surface area contributed by atoms with E-state index in [2.05, 4.69) is 215 Å². The third-order valence-corrected chi connectivity index (χ3v) is 15.5. The number of aromatic nitrogens is 2. The van der Waals surface area contributed by atoms with Gasteiger partial charge in [-0.1, -0.05) is 152 Å². The van der Waals surface area contributed by atoms with Crippen LogP contribution in [0.25, 0.3) is 128 Å². The predicted octanol–water partition coefficient (Wildman–Crippen LogP) is 17.1. The Morgan fingerprint density at radius 2 is 0.758 bits per heavy atom. The lowest BCUT2D eigenvalue weighted by Gasteiger charge is -2.16. The van der Waals surface area contributed by atoms with Crippen molar-refractivity contribution in [2.75, 3.05) is 0 Å². The van der Waals surface area contributed by atoms with Crippen molar-refractivity contribution >= 4 is 117 Å². The molecule has 0 amide bonds. The first-order valence-electron chi connectivity index (χ1n) is 21.2. The Morgan fingerprint density at radius 1 is 0.290 bits per heavy atom. The van der Waals surface area contributed by atoms with Crippen molar-refractivity contribution in [3.63, 3.8) is 0 Å². The molecule has 14 rings (SSSR count). The summed E-state index contributed by atoms with van der Waals surface area (Å²) in [6.45, 7) is 0. The molecule has 0 aliphatic rings. The molecule has 4 aromatic heterocycles. The molecule has 0 fully saturated rings. The molecular weight excluding hydrogens is 789 g/mol. The fourth-order valence-electron chi connectivity index (χ4n) is 10.4. The zero-order chi connectivity index (χ0) is 40.5. The van der Waals surface area contributed by atoms with Gasteiger partial charge in [0.05, 0.1) is 22.1 Å². The van der Waals surface area contributed by atoms with E-state index >= 15 is 0 Å². The molecule has 2 nitrogen and oxygen atoms in total. The monoisotopic (exact) mass is 822 g/mol. The average molecular weight is 823 g/mol. The molecular formula is C58H34N2S2. The number of nitrogens with zero attached hydrogens (tertiary/aromatic N) is 2. The van der Waals surface area contributed by atoms with Crippen molar-refractivity contribution in [3.8, 4) is 33.6 Å². The molecule has 4 heteroatoms. The minimum Gasteiger partial charge on any atom is -0.309 e. The lowest BCUT2D eigenvalue weighted by molar-refractivity contribution is 1.14. The van der Waals surface area contributed by atoms with E-state index in [4.69, 9.17) is 0 Å². The summed E-state index contributed by atoms with van der Waals surface area (Å²) in [5, 5.41) is 13.0. The second-order valence-electron chi connectivity index (χ2n) is 16.4. The number of rotatable bonds is 4. The Bertz CT molecular complexity index is 3950. The lowest BCUT2D eigenvalue weighted by Crippen LogP contribution is -2.00. The van der Waals surface area contributed by atoms with Crippen molar-refractivity contribution in [1.29, 1.82) is 0 Å². The quantitative estimate of drug-likeness (QED) is 0.167. The largest absolute Gasteiger partial charge is 0.309 e. The zero-order valence-corrected chi connectivity index (χ0v) is 35.0. The van der Waals surface area contributed by atoms with Crippen LogP contribution in [0.2, 0.25) is 0 Å². The van der Waals surface area contributed by atoms with Crippen molar-refractivity contribution < 1.29 is 0 Å². The van der Waals surface area contributed by atoms with E-state index < -0.39 is 0 Å². The highest BCUT2D eigenvalue weighted by atomic mass is 32.1. The van der Waals surface area contributed by atoms with Crippen LogP contribution in [0, 0.1) is 0 Å². The molecule has 0 bridgehead atoms. The summed E-state index contributed by atoms with van der Waals surface area (Å²) in [6, 6.07) is 76.6. The maximum Gasteiger partial charge on any atom is 0.0555 e. The Morgan fingerprint density at radius 3 is 1.34 bits per heavy atom. The third-order valence-electron chi connectivity index (χ3n) is 13.1. The maximum absolute atomic E-state index is 2.50. The Balaban J connectivity index is 1.06. The van der Waals surface area contributed by atoms with Crippen molar-refractivity contribution in [3.05, 3.63) is 206 Å². The van der Waals surface area contributed by atoms with E-state index in [0.29, 0.717) is 0 Å². The molecule has 0 N–H and O–H groups in total. The molecule has 0 saturated heterocycles. The van der Waals surface area contributed by atoms with Gasteiger partial charge >= 0.3 is 0 Å². The summed E-state index contributed by atoms with van der Waals surface area (Å²) in [4.78, 5) is 0. The van der Waals surface area contributed by atoms with E-state index in [0.717, 1.165) is 11.4 Å². The number of fused-ring (bicyclic) bond motifs is 15. The summed E-state index contributed by atoms with van der Waals surface area (Å²) in [5.74, 6) is 0. The van der Waals surface area contributed by atoms with Gasteiger partial charge < -0.3 is 9.13 Å². The smallest absolute Gasteiger partial charge is 0.0555 e. The number of hydrogen-bond donors (Lipinski definition) is 0. The lowest BCUT2D eigenvalue weighted by atomic mass is 9.96. The summed E-state index contributed by atoms with van der Waals surface area (Å²) in [7, 11) is 0. The van der Waals surface area contributed by atoms with Crippen LogP contribution in [0.4, 0.5) is 0 Å². The summed E-state index contributed by atoms with van der Waals surface area (Å²) >= 11 is 3.81. The average Bonchev–Trinajstić information content (AvgIpc) is 4.09. The van der Waals surface area contributed by atoms with E-state index in [-0.39, 0.29) is 0 Å². The Hall–Kier alpha value is -7.50. The van der Waals surface area contributed by atoms with Crippen LogP contribution in [-0.4, -0.2) is 9.13 Å². The molecule has 0 aliphatic carbocycles. The van der Waals surface area contributed by atoms with Crippen LogP contribution in [0.1, 0.15) is 0 Å². The predicted molar refractivity (Wildman–Crippen MR) is 269 cm³/mol. The normalized spacial score (nSPS) is 12.2. The molecule has 0 aliphatic heterocycles. The SMILES string of the molecule is c1ccc2c(-c3ccc(-c4cc(-n5c6ccccc6c6c7sc8ccccc8c7ccc65)cc(-n5c6ccccc6c6c7sc8ccccc8c7ccc65)c4)cc3)cccc2c1. The molecule has 0 saturated carbocycles. The highest BCUT2D eigenvalue weighted by molar-refractivity contribution is 7.27. The molecule has 288 valence electrons. The van der Waals surface area contributed by atoms with E-state index in [1.807, 2.05) is 22.7 Å². The van der Waals surface area contributed by atoms with Crippen LogP contribution in [0.3, 0.4) is 0 Å². The van der Waals surface area contributed by atoms with Gasteiger partial charge in [-0.25, -0.2) is 0 Å². The van der Waals surface area contributed by atoms with Crippen molar-refractivity contribution in [2.24, 2.45) is 0 Å². The summed E-state index contributed by atoms with van der Waals surface area (Å²) in [6.07, 6.45) is 0. The zero-order valence-electron chi connectivity index (χ0n) is 33.3. The second-order valence-corrected chi connectivity index (χ2v) is 18.5. The van der Waals surface area contributed by atoms with Gasteiger partial charge in [0.15, 0.2) is 0 Å². The fourth-order valence-corrected chi connectivity index (χ4v) is 12.9. The topological polar surface area (TPSA) is 9.86 Å². The molecule has 0 unspecified atom stereocenters. The summed E-state index contributed by atoms with van der Waals surface area (Å²) in [5.41, 5.74) is 11.9. The first-order chi connectivity index (χ1) is 30.7. The van der Waals surface area contributed by atoms with E-state index in [1.165, 1.54) is 117 Å². The van der Waals surface area contributed by atoms with Crippen molar-refractivity contribution in [1.82, 2.24) is 9.13 Å². The number of thiophene rings is 2. The molecule has 4 heterocycles. The van der Waals surface area contributed by atoms with Gasteiger partial charge in [-0.3, -0.25) is 0 Å². The first-order valence-corrected chi connectivity index (χ1v) is 22.8. The molecule has 0 atom stereocenters. The molecule has 62 heavy (non-hydrogen) atoms. The summed E-state index contributed by atoms with van der Waals surface area (Å²) < 4.78 is 10.3.